The summed E-state index contributed by atoms with van der Waals surface area (Å²) in [5.74, 6) is -0.439. The zero-order chi connectivity index (χ0) is 17.5. The van der Waals surface area contributed by atoms with E-state index < -0.39 is 0 Å². The summed E-state index contributed by atoms with van der Waals surface area (Å²) in [7, 11) is 0. The van der Waals surface area contributed by atoms with Crippen LogP contribution >= 0.6 is 0 Å². The van der Waals surface area contributed by atoms with Gasteiger partial charge < -0.3 is 4.57 Å². The second kappa shape index (κ2) is 8.53. The molecule has 0 saturated carbocycles. The Labute approximate surface area is 146 Å². The molecule has 0 aliphatic rings. The molecule has 1 aromatic heterocycles. The Morgan fingerprint density at radius 2 is 1.76 bits per heavy atom. The molecule has 0 aliphatic heterocycles. The third-order valence-electron chi connectivity index (χ3n) is 4.12. The highest BCUT2D eigenvalue weighted by atomic mass is 19.1. The van der Waals surface area contributed by atoms with Crippen LogP contribution in [0.1, 0.15) is 17.5 Å². The van der Waals surface area contributed by atoms with Gasteiger partial charge in [-0.1, -0.05) is 30.3 Å². The zero-order valence-corrected chi connectivity index (χ0v) is 14.0. The lowest BCUT2D eigenvalue weighted by atomic mass is 10.1. The van der Waals surface area contributed by atoms with Gasteiger partial charge in [-0.25, -0.2) is 13.8 Å². The van der Waals surface area contributed by atoms with Gasteiger partial charge in [0.15, 0.2) is 0 Å². The van der Waals surface area contributed by atoms with Crippen molar-refractivity contribution in [2.24, 2.45) is 0 Å². The summed E-state index contributed by atoms with van der Waals surface area (Å²) in [4.78, 5) is 6.22. The zero-order valence-electron chi connectivity index (χ0n) is 14.0. The molecular formula is C20H21F2N3. The van der Waals surface area contributed by atoms with Crippen LogP contribution in [0.3, 0.4) is 0 Å². The van der Waals surface area contributed by atoms with Crippen LogP contribution in [-0.2, 0) is 19.6 Å². The van der Waals surface area contributed by atoms with Crippen molar-refractivity contribution >= 4 is 0 Å². The van der Waals surface area contributed by atoms with Crippen molar-refractivity contribution in [3.8, 4) is 0 Å². The topological polar surface area (TPSA) is 21.1 Å². The molecule has 0 fully saturated rings. The van der Waals surface area contributed by atoms with Crippen molar-refractivity contribution in [2.75, 3.05) is 6.54 Å². The molecule has 2 aromatic carbocycles. The summed E-state index contributed by atoms with van der Waals surface area (Å²) in [5.41, 5.74) is 1.69. The third-order valence-corrected chi connectivity index (χ3v) is 4.12. The molecule has 130 valence electrons. The van der Waals surface area contributed by atoms with Crippen molar-refractivity contribution in [1.29, 1.82) is 0 Å². The Bertz CT molecular complexity index is 770. The van der Waals surface area contributed by atoms with E-state index in [4.69, 9.17) is 0 Å². The molecule has 0 bridgehead atoms. The lowest BCUT2D eigenvalue weighted by Gasteiger charge is -2.23. The fourth-order valence-corrected chi connectivity index (χ4v) is 2.83. The van der Waals surface area contributed by atoms with Crippen molar-refractivity contribution in [3.05, 3.63) is 90.0 Å². The molecule has 3 nitrogen and oxygen atoms in total. The van der Waals surface area contributed by atoms with Crippen molar-refractivity contribution in [3.63, 3.8) is 0 Å². The van der Waals surface area contributed by atoms with E-state index in [0.717, 1.165) is 25.1 Å². The first-order valence-corrected chi connectivity index (χ1v) is 8.36. The van der Waals surface area contributed by atoms with Gasteiger partial charge in [0.1, 0.15) is 11.6 Å². The van der Waals surface area contributed by atoms with Crippen molar-refractivity contribution in [2.45, 2.75) is 26.1 Å². The molecule has 0 N–H and O–H groups in total. The van der Waals surface area contributed by atoms with Crippen LogP contribution in [0.25, 0.3) is 0 Å². The maximum Gasteiger partial charge on any atom is 0.127 e. The number of nitrogens with zero attached hydrogens (tertiary/aromatic N) is 3. The smallest absolute Gasteiger partial charge is 0.127 e. The Morgan fingerprint density at radius 1 is 0.960 bits per heavy atom. The summed E-state index contributed by atoms with van der Waals surface area (Å²) in [6, 6.07) is 13.3. The van der Waals surface area contributed by atoms with Gasteiger partial charge in [0.25, 0.3) is 0 Å². The quantitative estimate of drug-likeness (QED) is 0.611. The first-order chi connectivity index (χ1) is 12.2. The summed E-state index contributed by atoms with van der Waals surface area (Å²) in [6.07, 6.45) is 6.41. The van der Waals surface area contributed by atoms with Gasteiger partial charge in [0.2, 0.25) is 0 Å². The Balaban J connectivity index is 1.66. The predicted octanol–water partition coefficient (Wildman–Crippen LogP) is 4.25. The molecule has 0 amide bonds. The minimum atomic E-state index is -0.246. The van der Waals surface area contributed by atoms with Crippen molar-refractivity contribution in [1.82, 2.24) is 14.5 Å². The maximum atomic E-state index is 14.0. The van der Waals surface area contributed by atoms with E-state index in [1.165, 1.54) is 18.2 Å². The monoisotopic (exact) mass is 341 g/mol. The molecule has 3 rings (SSSR count). The maximum absolute atomic E-state index is 14.0. The van der Waals surface area contributed by atoms with E-state index >= 15 is 0 Å². The predicted molar refractivity (Wildman–Crippen MR) is 93.8 cm³/mol. The van der Waals surface area contributed by atoms with Crippen LogP contribution in [0.2, 0.25) is 0 Å². The van der Waals surface area contributed by atoms with Gasteiger partial charge in [-0.15, -0.1) is 0 Å². The van der Waals surface area contributed by atoms with E-state index in [9.17, 15) is 8.78 Å². The normalized spacial score (nSPS) is 11.2. The summed E-state index contributed by atoms with van der Waals surface area (Å²) in [5, 5.41) is 0. The average molecular weight is 341 g/mol. The molecule has 3 aromatic rings. The number of hydrogen-bond acceptors (Lipinski definition) is 2. The Kier molecular flexibility index (Phi) is 5.90. The first-order valence-electron chi connectivity index (χ1n) is 8.36. The average Bonchev–Trinajstić information content (AvgIpc) is 3.12. The van der Waals surface area contributed by atoms with Crippen LogP contribution in [0.5, 0.6) is 0 Å². The van der Waals surface area contributed by atoms with Crippen LogP contribution in [-0.4, -0.2) is 21.0 Å². The number of rotatable bonds is 8. The minimum absolute atomic E-state index is 0.193. The van der Waals surface area contributed by atoms with Crippen LogP contribution < -0.4 is 0 Å². The minimum Gasteiger partial charge on any atom is -0.337 e. The number of imidazole rings is 1. The second-order valence-corrected chi connectivity index (χ2v) is 6.08. The number of hydrogen-bond donors (Lipinski definition) is 0. The van der Waals surface area contributed by atoms with Gasteiger partial charge in [-0.3, -0.25) is 4.90 Å². The number of halogens is 2. The molecule has 5 heteroatoms. The van der Waals surface area contributed by atoms with Gasteiger partial charge in [-0.2, -0.15) is 0 Å². The lowest BCUT2D eigenvalue weighted by molar-refractivity contribution is 0.245. The molecule has 0 radical (unpaired) electrons. The second-order valence-electron chi connectivity index (χ2n) is 6.08. The number of aromatic nitrogens is 2. The molecule has 0 atom stereocenters. The molecule has 1 heterocycles. The lowest BCUT2D eigenvalue weighted by Crippen LogP contribution is -2.25. The summed E-state index contributed by atoms with van der Waals surface area (Å²) in [6.45, 7) is 2.84. The summed E-state index contributed by atoms with van der Waals surface area (Å²) >= 11 is 0. The number of aryl methyl sites for hydroxylation is 1. The molecular weight excluding hydrogens is 320 g/mol. The van der Waals surface area contributed by atoms with Gasteiger partial charge in [0, 0.05) is 44.1 Å². The van der Waals surface area contributed by atoms with E-state index in [0.29, 0.717) is 18.7 Å². The highest BCUT2D eigenvalue weighted by Gasteiger charge is 2.10. The van der Waals surface area contributed by atoms with Crippen LogP contribution in [0.4, 0.5) is 8.78 Å². The van der Waals surface area contributed by atoms with Crippen molar-refractivity contribution < 1.29 is 8.78 Å². The van der Waals surface area contributed by atoms with E-state index in [1.807, 2.05) is 22.9 Å². The Hall–Kier alpha value is -2.53. The standard InChI is InChI=1S/C20H21F2N3/c21-19-8-6-17(7-9-19)14-25(12-3-11-24-13-10-23-16-24)15-18-4-1-2-5-20(18)22/h1-2,4-10,13,16H,3,11-12,14-15H2. The molecule has 25 heavy (non-hydrogen) atoms. The summed E-state index contributed by atoms with van der Waals surface area (Å²) < 4.78 is 29.1. The van der Waals surface area contributed by atoms with Crippen LogP contribution in [0, 0.1) is 11.6 Å². The fraction of sp³-hybridized carbons (Fsp3) is 0.250. The van der Waals surface area contributed by atoms with Gasteiger partial charge >= 0.3 is 0 Å². The first kappa shape index (κ1) is 17.3. The van der Waals surface area contributed by atoms with E-state index in [-0.39, 0.29) is 11.6 Å². The molecule has 0 spiro atoms. The molecule has 0 aliphatic carbocycles. The Morgan fingerprint density at radius 3 is 2.48 bits per heavy atom. The van der Waals surface area contributed by atoms with Gasteiger partial charge in [-0.05, 0) is 30.2 Å². The number of benzene rings is 2. The molecule has 0 saturated heterocycles. The molecule has 0 unspecified atom stereocenters. The fourth-order valence-electron chi connectivity index (χ4n) is 2.83. The highest BCUT2D eigenvalue weighted by molar-refractivity contribution is 5.19. The van der Waals surface area contributed by atoms with E-state index in [1.54, 1.807) is 30.7 Å². The van der Waals surface area contributed by atoms with Crippen LogP contribution in [0.15, 0.2) is 67.3 Å². The highest BCUT2D eigenvalue weighted by Crippen LogP contribution is 2.14. The van der Waals surface area contributed by atoms with E-state index in [2.05, 4.69) is 9.88 Å². The van der Waals surface area contributed by atoms with Gasteiger partial charge in [0.05, 0.1) is 6.33 Å². The largest absolute Gasteiger partial charge is 0.337 e. The SMILES string of the molecule is Fc1ccc(CN(CCCn2ccnc2)Cc2ccccc2F)cc1. The third kappa shape index (κ3) is 5.22.